The molecular formula is C27H43N3O5Si. The van der Waals surface area contributed by atoms with Gasteiger partial charge in [0.05, 0.1) is 37.3 Å². The number of hydrogen-bond acceptors (Lipinski definition) is 6. The molecule has 8 nitrogen and oxygen atoms in total. The predicted molar refractivity (Wildman–Crippen MR) is 142 cm³/mol. The molecule has 4 rings (SSSR count). The zero-order valence-electron chi connectivity index (χ0n) is 21.9. The van der Waals surface area contributed by atoms with Crippen LogP contribution < -0.4 is 10.6 Å². The average molecular weight is 518 g/mol. The fourth-order valence-corrected chi connectivity index (χ4v) is 9.06. The van der Waals surface area contributed by atoms with E-state index in [1.807, 2.05) is 37.4 Å². The van der Waals surface area contributed by atoms with Crippen LogP contribution >= 0.6 is 0 Å². The third kappa shape index (κ3) is 6.37. The number of benzene rings is 1. The molecule has 200 valence electrons. The summed E-state index contributed by atoms with van der Waals surface area (Å²) in [5, 5.41) is 15.8. The van der Waals surface area contributed by atoms with Gasteiger partial charge in [0.1, 0.15) is 0 Å². The van der Waals surface area contributed by atoms with Gasteiger partial charge in [0.2, 0.25) is 11.8 Å². The van der Waals surface area contributed by atoms with E-state index < -0.39 is 8.32 Å². The van der Waals surface area contributed by atoms with E-state index in [4.69, 9.17) is 4.74 Å². The number of nitrogens with one attached hydrogen (secondary N) is 2. The minimum absolute atomic E-state index is 0.0000955. The highest BCUT2D eigenvalue weighted by Gasteiger charge is 2.50. The SMILES string of the molecule is C[C@@H]1[C@@H]([Si](C)(C)O)[C@H](CC(=O)N2CCC[C@H]2CO)O[C@@H]1CCc1ccc(NC(=O)[C@H]2CCCN2)cc1. The third-order valence-electron chi connectivity index (χ3n) is 8.32. The van der Waals surface area contributed by atoms with Gasteiger partial charge in [-0.1, -0.05) is 19.1 Å². The number of amides is 2. The number of hydrogen-bond donors (Lipinski definition) is 4. The summed E-state index contributed by atoms with van der Waals surface area (Å²) in [5.74, 6) is 0.215. The summed E-state index contributed by atoms with van der Waals surface area (Å²) in [4.78, 5) is 38.3. The number of carbonyl (C=O) groups is 2. The molecule has 9 heteroatoms. The van der Waals surface area contributed by atoms with Crippen molar-refractivity contribution in [3.05, 3.63) is 29.8 Å². The summed E-state index contributed by atoms with van der Waals surface area (Å²) in [5.41, 5.74) is 1.96. The first-order valence-corrected chi connectivity index (χ1v) is 16.6. The number of likely N-dealkylation sites (tertiary alicyclic amines) is 1. The Labute approximate surface area is 215 Å². The first-order chi connectivity index (χ1) is 17.2. The quantitative estimate of drug-likeness (QED) is 0.375. The summed E-state index contributed by atoms with van der Waals surface area (Å²) in [6.45, 7) is 7.61. The van der Waals surface area contributed by atoms with Crippen molar-refractivity contribution in [2.24, 2.45) is 5.92 Å². The Morgan fingerprint density at radius 2 is 1.92 bits per heavy atom. The number of carbonyl (C=O) groups excluding carboxylic acids is 2. The van der Waals surface area contributed by atoms with E-state index >= 15 is 0 Å². The van der Waals surface area contributed by atoms with Crippen LogP contribution in [0.5, 0.6) is 0 Å². The minimum atomic E-state index is -2.56. The number of rotatable bonds is 9. The number of nitrogens with zero attached hydrogens (tertiary/aromatic N) is 1. The molecule has 0 aliphatic carbocycles. The summed E-state index contributed by atoms with van der Waals surface area (Å²) >= 11 is 0. The molecular weight excluding hydrogens is 474 g/mol. The molecule has 0 unspecified atom stereocenters. The number of ether oxygens (including phenoxy) is 1. The molecule has 3 fully saturated rings. The largest absolute Gasteiger partial charge is 0.432 e. The third-order valence-corrected chi connectivity index (χ3v) is 10.8. The maximum Gasteiger partial charge on any atom is 0.241 e. The summed E-state index contributed by atoms with van der Waals surface area (Å²) in [6, 6.07) is 7.79. The van der Waals surface area contributed by atoms with E-state index in [1.165, 1.54) is 5.56 Å². The average Bonchev–Trinajstić information content (AvgIpc) is 3.58. The molecule has 0 spiro atoms. The van der Waals surface area contributed by atoms with Crippen LogP contribution in [0.4, 0.5) is 5.69 Å². The maximum absolute atomic E-state index is 13.1. The maximum atomic E-state index is 13.1. The van der Waals surface area contributed by atoms with Crippen LogP contribution in [0.3, 0.4) is 0 Å². The van der Waals surface area contributed by atoms with Crippen molar-refractivity contribution in [2.75, 3.05) is 25.0 Å². The second-order valence-electron chi connectivity index (χ2n) is 11.4. The molecule has 2 amide bonds. The standard InChI is InChI=1S/C27H43N3O5Si/c1-18-23(13-10-19-8-11-20(12-9-19)29-27(33)22-7-4-14-28-22)35-24(26(18)36(2,3)34)16-25(32)30-15-5-6-21(30)17-31/h8-9,11-12,18,21-24,26,28,31,34H,4-7,10,13-17H2,1-3H3,(H,29,33)/t18-,21-,22+,23+,24-,26+/m0/s1. The van der Waals surface area contributed by atoms with Crippen LogP contribution in [-0.2, 0) is 20.7 Å². The molecule has 0 radical (unpaired) electrons. The van der Waals surface area contributed by atoms with E-state index in [0.29, 0.717) is 6.54 Å². The van der Waals surface area contributed by atoms with Crippen molar-refractivity contribution in [2.45, 2.75) is 94.8 Å². The monoisotopic (exact) mass is 517 g/mol. The zero-order chi connectivity index (χ0) is 25.9. The van der Waals surface area contributed by atoms with E-state index in [0.717, 1.165) is 50.8 Å². The number of aryl methyl sites for hydroxylation is 1. The van der Waals surface area contributed by atoms with Gasteiger partial charge in [0.25, 0.3) is 0 Å². The van der Waals surface area contributed by atoms with Gasteiger partial charge in [-0.2, -0.15) is 0 Å². The molecule has 36 heavy (non-hydrogen) atoms. The molecule has 3 aliphatic rings. The van der Waals surface area contributed by atoms with Crippen molar-refractivity contribution in [3.63, 3.8) is 0 Å². The van der Waals surface area contributed by atoms with E-state index in [9.17, 15) is 19.5 Å². The van der Waals surface area contributed by atoms with Crippen molar-refractivity contribution in [3.8, 4) is 0 Å². The van der Waals surface area contributed by atoms with Crippen LogP contribution in [0, 0.1) is 5.92 Å². The summed E-state index contributed by atoms with van der Waals surface area (Å²) < 4.78 is 6.47. The Balaban J connectivity index is 1.33. The van der Waals surface area contributed by atoms with E-state index in [-0.39, 0.29) is 60.6 Å². The summed E-state index contributed by atoms with van der Waals surface area (Å²) in [7, 11) is -2.56. The van der Waals surface area contributed by atoms with Crippen molar-refractivity contribution in [1.82, 2.24) is 10.2 Å². The van der Waals surface area contributed by atoms with Gasteiger partial charge >= 0.3 is 0 Å². The molecule has 0 saturated carbocycles. The Kier molecular flexibility index (Phi) is 8.88. The molecule has 0 aromatic heterocycles. The van der Waals surface area contributed by atoms with Gasteiger partial charge in [0.15, 0.2) is 8.32 Å². The van der Waals surface area contributed by atoms with E-state index in [2.05, 4.69) is 17.6 Å². The van der Waals surface area contributed by atoms with Gasteiger partial charge in [-0.25, -0.2) is 0 Å². The number of aliphatic hydroxyl groups is 1. The first kappa shape index (κ1) is 27.3. The van der Waals surface area contributed by atoms with Crippen molar-refractivity contribution >= 4 is 25.8 Å². The molecule has 3 heterocycles. The normalized spacial score (nSPS) is 30.6. The fraction of sp³-hybridized carbons (Fsp3) is 0.704. The second kappa shape index (κ2) is 11.7. The van der Waals surface area contributed by atoms with Crippen molar-refractivity contribution in [1.29, 1.82) is 0 Å². The topological polar surface area (TPSA) is 111 Å². The molecule has 1 aromatic carbocycles. The predicted octanol–water partition coefficient (Wildman–Crippen LogP) is 2.65. The lowest BCUT2D eigenvalue weighted by Crippen LogP contribution is -2.43. The van der Waals surface area contributed by atoms with Gasteiger partial charge in [-0.3, -0.25) is 9.59 Å². The smallest absolute Gasteiger partial charge is 0.241 e. The highest BCUT2D eigenvalue weighted by molar-refractivity contribution is 6.71. The molecule has 3 saturated heterocycles. The van der Waals surface area contributed by atoms with Crippen LogP contribution in [-0.4, -0.2) is 78.9 Å². The van der Waals surface area contributed by atoms with Gasteiger partial charge < -0.3 is 30.2 Å². The van der Waals surface area contributed by atoms with E-state index in [1.54, 1.807) is 4.90 Å². The van der Waals surface area contributed by atoms with Gasteiger partial charge in [-0.05, 0) is 81.8 Å². The molecule has 4 N–H and O–H groups in total. The molecule has 1 aromatic rings. The van der Waals surface area contributed by atoms with Gasteiger partial charge in [-0.15, -0.1) is 0 Å². The lowest BCUT2D eigenvalue weighted by molar-refractivity contribution is -0.135. The Morgan fingerprint density at radius 3 is 2.56 bits per heavy atom. The minimum Gasteiger partial charge on any atom is -0.432 e. The summed E-state index contributed by atoms with van der Waals surface area (Å²) in [6.07, 6.45) is 5.28. The molecule has 3 aliphatic heterocycles. The highest BCUT2D eigenvalue weighted by Crippen LogP contribution is 2.45. The van der Waals surface area contributed by atoms with Crippen LogP contribution in [0.2, 0.25) is 18.6 Å². The highest BCUT2D eigenvalue weighted by atomic mass is 28.4. The lowest BCUT2D eigenvalue weighted by Gasteiger charge is -2.31. The molecule has 6 atom stereocenters. The van der Waals surface area contributed by atoms with Crippen molar-refractivity contribution < 1.29 is 24.2 Å². The fourth-order valence-electron chi connectivity index (χ4n) is 6.45. The molecule has 0 bridgehead atoms. The Bertz CT molecular complexity index is 900. The van der Waals surface area contributed by atoms with Crippen LogP contribution in [0.25, 0.3) is 0 Å². The zero-order valence-corrected chi connectivity index (χ0v) is 22.9. The lowest BCUT2D eigenvalue weighted by atomic mass is 9.95. The first-order valence-electron chi connectivity index (χ1n) is 13.6. The number of aliphatic hydroxyl groups excluding tert-OH is 1. The van der Waals surface area contributed by atoms with Crippen LogP contribution in [0.1, 0.15) is 51.0 Å². The van der Waals surface area contributed by atoms with Gasteiger partial charge in [0, 0.05) is 17.8 Å². The Hall–Kier alpha value is -1.78. The second-order valence-corrected chi connectivity index (χ2v) is 15.4. The Morgan fingerprint density at radius 1 is 1.17 bits per heavy atom. The van der Waals surface area contributed by atoms with Crippen LogP contribution in [0.15, 0.2) is 24.3 Å². The number of anilines is 1.